The van der Waals surface area contributed by atoms with Gasteiger partial charge in [-0.2, -0.15) is 5.10 Å². The van der Waals surface area contributed by atoms with Crippen LogP contribution in [-0.2, 0) is 21.4 Å². The molecule has 1 heterocycles. The molecule has 2 amide bonds. The van der Waals surface area contributed by atoms with Crippen LogP contribution in [0.1, 0.15) is 47.9 Å². The fourth-order valence-corrected chi connectivity index (χ4v) is 4.74. The highest BCUT2D eigenvalue weighted by atomic mass is 16.5. The summed E-state index contributed by atoms with van der Waals surface area (Å²) in [5, 5.41) is 18.8. The molecule has 2 aromatic carbocycles. The summed E-state index contributed by atoms with van der Waals surface area (Å²) in [4.78, 5) is 36.9. The summed E-state index contributed by atoms with van der Waals surface area (Å²) < 4.78 is 7.07. The minimum absolute atomic E-state index is 0.0266. The maximum atomic E-state index is 12.6. The Morgan fingerprint density at radius 2 is 1.74 bits per heavy atom. The Hall–Kier alpha value is -4.14. The zero-order chi connectivity index (χ0) is 24.6. The van der Waals surface area contributed by atoms with Gasteiger partial charge in [-0.1, -0.05) is 48.5 Å². The molecule has 0 radical (unpaired) electrons. The normalized spacial score (nSPS) is 16.0. The maximum Gasteiger partial charge on any atom is 0.407 e. The Morgan fingerprint density at radius 3 is 2.29 bits per heavy atom. The molecule has 0 aliphatic heterocycles. The molecule has 1 atom stereocenters. The third kappa shape index (κ3) is 4.62. The number of benzene rings is 2. The summed E-state index contributed by atoms with van der Waals surface area (Å²) >= 11 is 0. The van der Waals surface area contributed by atoms with Gasteiger partial charge in [0, 0.05) is 31.1 Å². The number of nitrogens with one attached hydrogen (secondary N) is 2. The molecule has 180 valence electrons. The number of fused-ring (bicyclic) bond motifs is 3. The van der Waals surface area contributed by atoms with Gasteiger partial charge in [0.05, 0.1) is 11.7 Å². The molecule has 1 aromatic heterocycles. The van der Waals surface area contributed by atoms with Crippen molar-refractivity contribution in [1.82, 2.24) is 20.4 Å². The number of carboxylic acids is 1. The fourth-order valence-electron chi connectivity index (χ4n) is 4.74. The van der Waals surface area contributed by atoms with Gasteiger partial charge in [0.1, 0.15) is 6.61 Å². The van der Waals surface area contributed by atoms with Crippen molar-refractivity contribution in [2.75, 3.05) is 6.61 Å². The number of hydrogen-bond donors (Lipinski definition) is 3. The molecule has 0 bridgehead atoms. The van der Waals surface area contributed by atoms with Crippen LogP contribution in [0.3, 0.4) is 0 Å². The summed E-state index contributed by atoms with van der Waals surface area (Å²) in [7, 11) is 1.67. The molecule has 1 unspecified atom stereocenters. The molecule has 0 saturated heterocycles. The quantitative estimate of drug-likeness (QED) is 0.461. The predicted octanol–water partition coefficient (Wildman–Crippen LogP) is 3.12. The highest BCUT2D eigenvalue weighted by Gasteiger charge is 2.47. The van der Waals surface area contributed by atoms with Crippen LogP contribution in [0.4, 0.5) is 4.79 Å². The van der Waals surface area contributed by atoms with Crippen molar-refractivity contribution in [3.05, 3.63) is 77.6 Å². The van der Waals surface area contributed by atoms with E-state index in [0.717, 1.165) is 22.3 Å². The number of carbonyl (C=O) groups is 3. The average molecular weight is 475 g/mol. The summed E-state index contributed by atoms with van der Waals surface area (Å²) in [6, 6.07) is 15.0. The third-order valence-electron chi connectivity index (χ3n) is 6.67. The molecule has 2 aliphatic rings. The van der Waals surface area contributed by atoms with Crippen LogP contribution in [0.2, 0.25) is 0 Å². The molecular weight excluding hydrogens is 448 g/mol. The highest BCUT2D eigenvalue weighted by Crippen LogP contribution is 2.44. The molecule has 5 rings (SSSR count). The Kier molecular flexibility index (Phi) is 5.76. The highest BCUT2D eigenvalue weighted by molar-refractivity contribution is 5.86. The van der Waals surface area contributed by atoms with Gasteiger partial charge in [0.2, 0.25) is 5.91 Å². The Labute approximate surface area is 202 Å². The number of carboxylic acid groups (broad SMARTS) is 1. The van der Waals surface area contributed by atoms with E-state index < -0.39 is 29.6 Å². The van der Waals surface area contributed by atoms with Crippen LogP contribution in [0.15, 0.2) is 60.9 Å². The molecule has 0 spiro atoms. The van der Waals surface area contributed by atoms with E-state index in [1.165, 1.54) is 10.9 Å². The minimum atomic E-state index is -1.21. The smallest absolute Gasteiger partial charge is 0.407 e. The van der Waals surface area contributed by atoms with Gasteiger partial charge in [-0.25, -0.2) is 9.59 Å². The first-order valence-corrected chi connectivity index (χ1v) is 11.5. The Bertz CT molecular complexity index is 1250. The van der Waals surface area contributed by atoms with Gasteiger partial charge in [0.15, 0.2) is 6.04 Å². The average Bonchev–Trinajstić information content (AvgIpc) is 3.30. The molecule has 9 nitrogen and oxygen atoms in total. The van der Waals surface area contributed by atoms with Crippen molar-refractivity contribution in [1.29, 1.82) is 0 Å². The first-order valence-electron chi connectivity index (χ1n) is 11.5. The monoisotopic (exact) mass is 474 g/mol. The Morgan fingerprint density at radius 1 is 1.11 bits per heavy atom. The van der Waals surface area contributed by atoms with Gasteiger partial charge < -0.3 is 20.5 Å². The van der Waals surface area contributed by atoms with E-state index in [0.29, 0.717) is 18.4 Å². The van der Waals surface area contributed by atoms with Gasteiger partial charge in [0.25, 0.3) is 0 Å². The van der Waals surface area contributed by atoms with Crippen molar-refractivity contribution in [3.8, 4) is 11.1 Å². The zero-order valence-electron chi connectivity index (χ0n) is 19.2. The van der Waals surface area contributed by atoms with Gasteiger partial charge in [-0.3, -0.25) is 9.48 Å². The van der Waals surface area contributed by atoms with Crippen LogP contribution in [0.5, 0.6) is 0 Å². The number of aromatic nitrogens is 2. The molecule has 3 N–H and O–H groups in total. The number of carbonyl (C=O) groups excluding carboxylic acids is 2. The number of rotatable bonds is 8. The predicted molar refractivity (Wildman–Crippen MR) is 127 cm³/mol. The van der Waals surface area contributed by atoms with E-state index in [1.807, 2.05) is 24.3 Å². The van der Waals surface area contributed by atoms with Crippen molar-refractivity contribution in [3.63, 3.8) is 0 Å². The second kappa shape index (κ2) is 8.90. The third-order valence-corrected chi connectivity index (χ3v) is 6.67. The van der Waals surface area contributed by atoms with Gasteiger partial charge >= 0.3 is 12.1 Å². The molecule has 3 aromatic rings. The number of nitrogens with zero attached hydrogens (tertiary/aromatic N) is 2. The summed E-state index contributed by atoms with van der Waals surface area (Å²) in [6.07, 6.45) is 3.58. The number of ether oxygens (including phenoxy) is 1. The number of aliphatic carboxylic acids is 1. The Balaban J connectivity index is 1.18. The first-order chi connectivity index (χ1) is 16.8. The lowest BCUT2D eigenvalue weighted by Gasteiger charge is -2.20. The van der Waals surface area contributed by atoms with Crippen molar-refractivity contribution in [2.24, 2.45) is 7.05 Å². The molecule has 35 heavy (non-hydrogen) atoms. The second-order valence-electron chi connectivity index (χ2n) is 9.19. The van der Waals surface area contributed by atoms with E-state index in [9.17, 15) is 19.5 Å². The van der Waals surface area contributed by atoms with Crippen LogP contribution in [-0.4, -0.2) is 45.0 Å². The van der Waals surface area contributed by atoms with Crippen molar-refractivity contribution >= 4 is 18.0 Å². The standard InChI is InChI=1S/C26H26N4O5/c1-30-14-16(13-27-30)23(24(32)33)28-22(31)12-26(10-11-26)29-25(34)35-15-21-19-8-4-2-6-17(19)18-7-3-5-9-20(18)21/h2-9,13-14,21,23H,10-12,15H2,1H3,(H,28,31)(H,29,34)(H,32,33). The fraction of sp³-hybridized carbons (Fsp3) is 0.308. The van der Waals surface area contributed by atoms with E-state index in [1.54, 1.807) is 13.2 Å². The SMILES string of the molecule is Cn1cc(C(NC(=O)CC2(NC(=O)OCC3c4ccccc4-c4ccccc43)CC2)C(=O)O)cn1. The lowest BCUT2D eigenvalue weighted by atomic mass is 9.98. The van der Waals surface area contributed by atoms with Crippen molar-refractivity contribution < 1.29 is 24.2 Å². The number of hydrogen-bond acceptors (Lipinski definition) is 5. The molecule has 2 aliphatic carbocycles. The van der Waals surface area contributed by atoms with Crippen LogP contribution in [0, 0.1) is 0 Å². The number of aryl methyl sites for hydroxylation is 1. The summed E-state index contributed by atoms with van der Waals surface area (Å²) in [6.45, 7) is 0.185. The van der Waals surface area contributed by atoms with Gasteiger partial charge in [-0.05, 0) is 35.1 Å². The number of amides is 2. The lowest BCUT2D eigenvalue weighted by Crippen LogP contribution is -2.43. The minimum Gasteiger partial charge on any atom is -0.479 e. The largest absolute Gasteiger partial charge is 0.479 e. The molecule has 9 heteroatoms. The van der Waals surface area contributed by atoms with Crippen LogP contribution in [0.25, 0.3) is 11.1 Å². The molecular formula is C26H26N4O5. The summed E-state index contributed by atoms with van der Waals surface area (Å²) in [5.74, 6) is -1.69. The van der Waals surface area contributed by atoms with E-state index in [2.05, 4.69) is 40.0 Å². The van der Waals surface area contributed by atoms with Crippen molar-refractivity contribution in [2.45, 2.75) is 36.8 Å². The van der Waals surface area contributed by atoms with Crippen LogP contribution >= 0.6 is 0 Å². The number of alkyl carbamates (subject to hydrolysis) is 1. The topological polar surface area (TPSA) is 123 Å². The van der Waals surface area contributed by atoms with E-state index in [4.69, 9.17) is 4.74 Å². The van der Waals surface area contributed by atoms with Crippen LogP contribution < -0.4 is 10.6 Å². The second-order valence-corrected chi connectivity index (χ2v) is 9.19. The molecule has 1 fully saturated rings. The summed E-state index contributed by atoms with van der Waals surface area (Å²) in [5.41, 5.74) is 4.20. The van der Waals surface area contributed by atoms with E-state index in [-0.39, 0.29) is 18.9 Å². The zero-order valence-corrected chi connectivity index (χ0v) is 19.2. The van der Waals surface area contributed by atoms with Gasteiger partial charge in [-0.15, -0.1) is 0 Å². The van der Waals surface area contributed by atoms with E-state index >= 15 is 0 Å². The maximum absolute atomic E-state index is 12.6. The lowest BCUT2D eigenvalue weighted by molar-refractivity contribution is -0.142. The molecule has 1 saturated carbocycles. The first kappa shape index (κ1) is 22.6.